The minimum Gasteiger partial charge on any atom is -0.222 e. The van der Waals surface area contributed by atoms with E-state index in [1.54, 1.807) is 6.08 Å². The van der Waals surface area contributed by atoms with Crippen molar-refractivity contribution in [2.45, 2.75) is 40.0 Å². The van der Waals surface area contributed by atoms with Crippen LogP contribution in [-0.2, 0) is 14.4 Å². The molecule has 19 heavy (non-hydrogen) atoms. The standard InChI is InChI=1S/C11H19NO.2CHNO/c1-9-4-10(7-12-8-13)6-11(2,3)5-9;2*2-1-3/h9-10H,4-7H2,1-3H3;2*2H. The Labute approximate surface area is 113 Å². The van der Waals surface area contributed by atoms with Crippen molar-refractivity contribution in [1.29, 1.82) is 10.8 Å². The van der Waals surface area contributed by atoms with Gasteiger partial charge in [-0.25, -0.2) is 30.2 Å². The Hall–Kier alpha value is -1.86. The molecule has 2 N–H and O–H groups in total. The number of aliphatic imine (C=N–C) groups is 1. The molecule has 0 aliphatic heterocycles. The SMILES string of the molecule is CC1CC(CN=C=O)CC(C)(C)C1.N=C=O.N=C=O. The Balaban J connectivity index is 0. The summed E-state index contributed by atoms with van der Waals surface area (Å²) in [5.41, 5.74) is 0.431. The van der Waals surface area contributed by atoms with Crippen molar-refractivity contribution in [3.05, 3.63) is 0 Å². The smallest absolute Gasteiger partial charge is 0.222 e. The van der Waals surface area contributed by atoms with Crippen LogP contribution in [0.5, 0.6) is 0 Å². The molecule has 0 aromatic carbocycles. The summed E-state index contributed by atoms with van der Waals surface area (Å²) in [7, 11) is 0. The van der Waals surface area contributed by atoms with Crippen LogP contribution >= 0.6 is 0 Å². The summed E-state index contributed by atoms with van der Waals surface area (Å²) < 4.78 is 0. The predicted molar refractivity (Wildman–Crippen MR) is 70.1 cm³/mol. The Bertz CT molecular complexity index is 349. The van der Waals surface area contributed by atoms with E-state index in [1.165, 1.54) is 19.3 Å². The molecule has 0 radical (unpaired) electrons. The molecule has 0 spiro atoms. The van der Waals surface area contributed by atoms with E-state index < -0.39 is 0 Å². The second-order valence-corrected chi connectivity index (χ2v) is 5.42. The first-order valence-corrected chi connectivity index (χ1v) is 5.98. The van der Waals surface area contributed by atoms with Crippen LogP contribution in [-0.4, -0.2) is 24.8 Å². The molecule has 0 heterocycles. The lowest BCUT2D eigenvalue weighted by Crippen LogP contribution is -2.28. The van der Waals surface area contributed by atoms with Crippen LogP contribution in [0.15, 0.2) is 4.99 Å². The number of hydrogen-bond acceptors (Lipinski definition) is 6. The van der Waals surface area contributed by atoms with Gasteiger partial charge in [0.25, 0.3) is 0 Å². The lowest BCUT2D eigenvalue weighted by molar-refractivity contribution is 0.137. The number of isocyanates is 3. The zero-order valence-electron chi connectivity index (χ0n) is 11.7. The molecule has 0 amide bonds. The molecule has 0 aromatic rings. The summed E-state index contributed by atoms with van der Waals surface area (Å²) in [5, 5.41) is 10.8. The molecule has 1 aliphatic rings. The molecule has 1 saturated carbocycles. The van der Waals surface area contributed by atoms with Gasteiger partial charge in [-0.3, -0.25) is 0 Å². The van der Waals surface area contributed by atoms with E-state index >= 15 is 0 Å². The minimum atomic E-state index is 0.431. The lowest BCUT2D eigenvalue weighted by atomic mass is 9.68. The van der Waals surface area contributed by atoms with Gasteiger partial charge in [-0.05, 0) is 36.5 Å². The summed E-state index contributed by atoms with van der Waals surface area (Å²) in [6.45, 7) is 7.58. The van der Waals surface area contributed by atoms with Crippen molar-refractivity contribution in [2.24, 2.45) is 22.2 Å². The molecular weight excluding hydrogens is 246 g/mol. The molecule has 2 atom stereocenters. The van der Waals surface area contributed by atoms with Crippen LogP contribution in [0, 0.1) is 28.1 Å². The molecule has 1 aliphatic carbocycles. The number of nitrogens with one attached hydrogen (secondary N) is 2. The first-order valence-electron chi connectivity index (χ1n) is 5.98. The van der Waals surface area contributed by atoms with Crippen molar-refractivity contribution in [3.8, 4) is 0 Å². The highest BCUT2D eigenvalue weighted by atomic mass is 16.1. The summed E-state index contributed by atoms with van der Waals surface area (Å²) in [6.07, 6.45) is 6.85. The number of nitrogens with zero attached hydrogens (tertiary/aromatic N) is 1. The fourth-order valence-corrected chi connectivity index (χ4v) is 2.85. The van der Waals surface area contributed by atoms with E-state index in [0.29, 0.717) is 17.9 Å². The maximum absolute atomic E-state index is 10.00. The average molecular weight is 267 g/mol. The second kappa shape index (κ2) is 11.2. The van der Waals surface area contributed by atoms with Gasteiger partial charge < -0.3 is 0 Å². The van der Waals surface area contributed by atoms with Crippen LogP contribution in [0.2, 0.25) is 0 Å². The highest BCUT2D eigenvalue weighted by Crippen LogP contribution is 2.41. The maximum Gasteiger partial charge on any atom is 0.234 e. The number of rotatable bonds is 2. The first-order chi connectivity index (χ1) is 8.86. The van der Waals surface area contributed by atoms with E-state index in [0.717, 1.165) is 18.1 Å². The van der Waals surface area contributed by atoms with E-state index in [9.17, 15) is 4.79 Å². The van der Waals surface area contributed by atoms with Crippen LogP contribution in [0.3, 0.4) is 0 Å². The number of hydrogen-bond donors (Lipinski definition) is 2. The van der Waals surface area contributed by atoms with Crippen LogP contribution in [0.1, 0.15) is 40.0 Å². The summed E-state index contributed by atoms with van der Waals surface area (Å²) in [5.74, 6) is 1.37. The summed E-state index contributed by atoms with van der Waals surface area (Å²) in [4.78, 5) is 30.4. The van der Waals surface area contributed by atoms with Gasteiger partial charge in [0.1, 0.15) is 0 Å². The van der Waals surface area contributed by atoms with E-state index in [2.05, 4.69) is 25.8 Å². The Morgan fingerprint density at radius 2 is 1.63 bits per heavy atom. The molecule has 106 valence electrons. The normalized spacial score (nSPS) is 22.9. The minimum absolute atomic E-state index is 0.431. The molecule has 6 nitrogen and oxygen atoms in total. The molecule has 0 bridgehead atoms. The quantitative estimate of drug-likeness (QED) is 0.592. The van der Waals surface area contributed by atoms with Gasteiger partial charge in [-0.1, -0.05) is 20.8 Å². The Morgan fingerprint density at radius 1 is 1.16 bits per heavy atom. The van der Waals surface area contributed by atoms with Crippen LogP contribution in [0.25, 0.3) is 0 Å². The van der Waals surface area contributed by atoms with Crippen molar-refractivity contribution >= 4 is 18.2 Å². The third kappa shape index (κ3) is 12.4. The van der Waals surface area contributed by atoms with E-state index in [-0.39, 0.29) is 0 Å². The molecule has 1 rings (SSSR count). The first kappa shape index (κ1) is 19.5. The highest BCUT2D eigenvalue weighted by molar-refractivity contribution is 5.32. The van der Waals surface area contributed by atoms with Gasteiger partial charge >= 0.3 is 0 Å². The summed E-state index contributed by atoms with van der Waals surface area (Å²) in [6, 6.07) is 0. The topological polar surface area (TPSA) is 111 Å². The molecule has 2 unspecified atom stereocenters. The summed E-state index contributed by atoms with van der Waals surface area (Å²) >= 11 is 0. The van der Waals surface area contributed by atoms with Gasteiger partial charge in [0.15, 0.2) is 0 Å². The zero-order chi connectivity index (χ0) is 15.3. The molecular formula is C13H21N3O3. The average Bonchev–Trinajstić information content (AvgIpc) is 2.26. The van der Waals surface area contributed by atoms with Crippen molar-refractivity contribution in [2.75, 3.05) is 6.54 Å². The van der Waals surface area contributed by atoms with Crippen molar-refractivity contribution in [3.63, 3.8) is 0 Å². The number of carbonyl (C=O) groups excluding carboxylic acids is 3. The Kier molecular flexibility index (Phi) is 11.5. The van der Waals surface area contributed by atoms with E-state index in [1.807, 2.05) is 0 Å². The highest BCUT2D eigenvalue weighted by Gasteiger charge is 2.31. The van der Waals surface area contributed by atoms with Gasteiger partial charge in [-0.15, -0.1) is 0 Å². The van der Waals surface area contributed by atoms with Gasteiger partial charge in [0.05, 0.1) is 6.54 Å². The molecule has 6 heteroatoms. The molecule has 0 aromatic heterocycles. The Morgan fingerprint density at radius 3 is 2.00 bits per heavy atom. The van der Waals surface area contributed by atoms with Crippen LogP contribution in [0.4, 0.5) is 0 Å². The largest absolute Gasteiger partial charge is 0.234 e. The molecule has 0 saturated heterocycles. The lowest BCUT2D eigenvalue weighted by Gasteiger charge is -2.38. The predicted octanol–water partition coefficient (Wildman–Crippen LogP) is 2.59. The van der Waals surface area contributed by atoms with Gasteiger partial charge in [0.2, 0.25) is 18.2 Å². The van der Waals surface area contributed by atoms with E-state index in [4.69, 9.17) is 20.4 Å². The van der Waals surface area contributed by atoms with Crippen molar-refractivity contribution < 1.29 is 14.4 Å². The zero-order valence-corrected chi connectivity index (χ0v) is 11.7. The van der Waals surface area contributed by atoms with Gasteiger partial charge in [-0.2, -0.15) is 0 Å². The van der Waals surface area contributed by atoms with Crippen LogP contribution < -0.4 is 0 Å². The fraction of sp³-hybridized carbons (Fsp3) is 0.769. The monoisotopic (exact) mass is 267 g/mol. The second-order valence-electron chi connectivity index (χ2n) is 5.42. The maximum atomic E-state index is 10.00. The third-order valence-corrected chi connectivity index (χ3v) is 2.89. The molecule has 1 fully saturated rings. The van der Waals surface area contributed by atoms with Crippen molar-refractivity contribution in [1.82, 2.24) is 0 Å². The van der Waals surface area contributed by atoms with Gasteiger partial charge in [0, 0.05) is 0 Å². The third-order valence-electron chi connectivity index (χ3n) is 2.89. The fourth-order valence-electron chi connectivity index (χ4n) is 2.85.